The summed E-state index contributed by atoms with van der Waals surface area (Å²) in [7, 11) is 0. The van der Waals surface area contributed by atoms with Gasteiger partial charge in [0.05, 0.1) is 6.10 Å². The first kappa shape index (κ1) is 12.4. The largest absolute Gasteiger partial charge is 0.399 e. The summed E-state index contributed by atoms with van der Waals surface area (Å²) in [6, 6.07) is 8.15. The van der Waals surface area contributed by atoms with Crippen molar-refractivity contribution in [3.63, 3.8) is 0 Å². The van der Waals surface area contributed by atoms with Gasteiger partial charge in [-0.3, -0.25) is 0 Å². The topological polar surface area (TPSA) is 35.2 Å². The molecule has 0 radical (unpaired) electrons. The predicted octanol–water partition coefficient (Wildman–Crippen LogP) is 3.55. The van der Waals surface area contributed by atoms with Crippen LogP contribution in [0, 0.1) is 0 Å². The lowest BCUT2D eigenvalue weighted by atomic mass is 9.98. The molecule has 0 atom stereocenters. The summed E-state index contributed by atoms with van der Waals surface area (Å²) in [6.45, 7) is 0.898. The third-order valence-corrected chi connectivity index (χ3v) is 3.50. The molecule has 0 aromatic heterocycles. The number of ether oxygens (including phenoxy) is 1. The van der Waals surface area contributed by atoms with Crippen LogP contribution in [-0.2, 0) is 11.2 Å². The van der Waals surface area contributed by atoms with Crippen LogP contribution in [0.25, 0.3) is 0 Å². The summed E-state index contributed by atoms with van der Waals surface area (Å²) in [5.41, 5.74) is 7.85. The predicted molar refractivity (Wildman–Crippen MR) is 72.0 cm³/mol. The number of nitrogens with two attached hydrogens (primary N) is 1. The van der Waals surface area contributed by atoms with Crippen molar-refractivity contribution in [2.24, 2.45) is 0 Å². The molecular formula is C15H23NO. The third-order valence-electron chi connectivity index (χ3n) is 3.50. The normalized spacial score (nSPS) is 17.2. The molecule has 94 valence electrons. The molecule has 1 aliphatic carbocycles. The average Bonchev–Trinajstić information content (AvgIpc) is 2.38. The van der Waals surface area contributed by atoms with Crippen LogP contribution in [0.2, 0.25) is 0 Å². The number of benzene rings is 1. The highest BCUT2D eigenvalue weighted by molar-refractivity contribution is 5.39. The number of hydrogen-bond donors (Lipinski definition) is 1. The average molecular weight is 233 g/mol. The van der Waals surface area contributed by atoms with Gasteiger partial charge in [-0.2, -0.15) is 0 Å². The zero-order valence-electron chi connectivity index (χ0n) is 10.5. The van der Waals surface area contributed by atoms with E-state index in [1.165, 1.54) is 37.7 Å². The monoisotopic (exact) mass is 233 g/mol. The van der Waals surface area contributed by atoms with Crippen LogP contribution in [-0.4, -0.2) is 12.7 Å². The van der Waals surface area contributed by atoms with Crippen molar-refractivity contribution in [3.8, 4) is 0 Å². The lowest BCUT2D eigenvalue weighted by Crippen LogP contribution is -2.17. The molecule has 1 aliphatic rings. The maximum Gasteiger partial charge on any atom is 0.0575 e. The van der Waals surface area contributed by atoms with Crippen LogP contribution in [0.5, 0.6) is 0 Å². The quantitative estimate of drug-likeness (QED) is 0.623. The van der Waals surface area contributed by atoms with Crippen LogP contribution in [0.1, 0.15) is 44.1 Å². The van der Waals surface area contributed by atoms with Crippen LogP contribution < -0.4 is 5.73 Å². The van der Waals surface area contributed by atoms with Crippen LogP contribution >= 0.6 is 0 Å². The van der Waals surface area contributed by atoms with Crippen molar-refractivity contribution in [1.29, 1.82) is 0 Å². The molecule has 1 saturated carbocycles. The fraction of sp³-hybridized carbons (Fsp3) is 0.600. The molecule has 17 heavy (non-hydrogen) atoms. The summed E-state index contributed by atoms with van der Waals surface area (Å²) in [6.07, 6.45) is 9.36. The molecule has 1 aromatic carbocycles. The minimum absolute atomic E-state index is 0.537. The number of hydrogen-bond acceptors (Lipinski definition) is 2. The first-order chi connectivity index (χ1) is 8.34. The number of nitrogen functional groups attached to an aromatic ring is 1. The second-order valence-electron chi connectivity index (χ2n) is 4.98. The molecule has 0 unspecified atom stereocenters. The Morgan fingerprint density at radius 3 is 2.47 bits per heavy atom. The molecule has 0 amide bonds. The van der Waals surface area contributed by atoms with Gasteiger partial charge >= 0.3 is 0 Å². The first-order valence-electron chi connectivity index (χ1n) is 6.80. The van der Waals surface area contributed by atoms with Gasteiger partial charge < -0.3 is 10.5 Å². The van der Waals surface area contributed by atoms with Crippen molar-refractivity contribution >= 4 is 5.69 Å². The molecule has 0 spiro atoms. The number of anilines is 1. The van der Waals surface area contributed by atoms with Gasteiger partial charge in [0.2, 0.25) is 0 Å². The molecule has 0 saturated heterocycles. The second kappa shape index (κ2) is 6.65. The van der Waals surface area contributed by atoms with Gasteiger partial charge in [0.15, 0.2) is 0 Å². The van der Waals surface area contributed by atoms with E-state index < -0.39 is 0 Å². The highest BCUT2D eigenvalue weighted by atomic mass is 16.5. The SMILES string of the molecule is Nc1ccc(CCCOC2CCCCC2)cc1. The molecule has 2 N–H and O–H groups in total. The van der Waals surface area contributed by atoms with E-state index in [1.54, 1.807) is 0 Å². The Morgan fingerprint density at radius 1 is 1.06 bits per heavy atom. The van der Waals surface area contributed by atoms with Gasteiger partial charge in [-0.25, -0.2) is 0 Å². The van der Waals surface area contributed by atoms with Crippen LogP contribution in [0.15, 0.2) is 24.3 Å². The minimum Gasteiger partial charge on any atom is -0.399 e. The van der Waals surface area contributed by atoms with Gasteiger partial charge in [-0.15, -0.1) is 0 Å². The van der Waals surface area contributed by atoms with E-state index in [1.807, 2.05) is 12.1 Å². The summed E-state index contributed by atoms with van der Waals surface area (Å²) < 4.78 is 5.90. The first-order valence-corrected chi connectivity index (χ1v) is 6.80. The molecule has 0 aliphatic heterocycles. The molecule has 2 rings (SSSR count). The Kier molecular flexibility index (Phi) is 4.87. The van der Waals surface area contributed by atoms with E-state index in [4.69, 9.17) is 10.5 Å². The van der Waals surface area contributed by atoms with Gasteiger partial charge in [0, 0.05) is 12.3 Å². The van der Waals surface area contributed by atoms with Crippen LogP contribution in [0.4, 0.5) is 5.69 Å². The maximum absolute atomic E-state index is 5.90. The fourth-order valence-electron chi connectivity index (χ4n) is 2.44. The van der Waals surface area contributed by atoms with Crippen molar-refractivity contribution in [3.05, 3.63) is 29.8 Å². The maximum atomic E-state index is 5.90. The summed E-state index contributed by atoms with van der Waals surface area (Å²) in [5.74, 6) is 0. The Balaban J connectivity index is 1.60. The van der Waals surface area contributed by atoms with E-state index in [9.17, 15) is 0 Å². The van der Waals surface area contributed by atoms with E-state index in [-0.39, 0.29) is 0 Å². The lowest BCUT2D eigenvalue weighted by Gasteiger charge is -2.21. The Hall–Kier alpha value is -1.02. The Labute approximate surface area is 104 Å². The Morgan fingerprint density at radius 2 is 1.76 bits per heavy atom. The summed E-state index contributed by atoms with van der Waals surface area (Å²) in [5, 5.41) is 0. The van der Waals surface area contributed by atoms with E-state index >= 15 is 0 Å². The molecule has 1 aromatic rings. The van der Waals surface area contributed by atoms with Crippen molar-refractivity contribution in [1.82, 2.24) is 0 Å². The molecule has 1 fully saturated rings. The Bertz CT molecular complexity index is 314. The summed E-state index contributed by atoms with van der Waals surface area (Å²) in [4.78, 5) is 0. The van der Waals surface area contributed by atoms with E-state index in [2.05, 4.69) is 12.1 Å². The standard InChI is InChI=1S/C15H23NO/c16-14-10-8-13(9-11-14)5-4-12-17-15-6-2-1-3-7-15/h8-11,15H,1-7,12,16H2. The number of rotatable bonds is 5. The smallest absolute Gasteiger partial charge is 0.0575 e. The highest BCUT2D eigenvalue weighted by Crippen LogP contribution is 2.20. The fourth-order valence-corrected chi connectivity index (χ4v) is 2.44. The van der Waals surface area contributed by atoms with Gasteiger partial charge in [-0.05, 0) is 43.4 Å². The molecule has 0 bridgehead atoms. The second-order valence-corrected chi connectivity index (χ2v) is 4.98. The molecule has 0 heterocycles. The van der Waals surface area contributed by atoms with Crippen molar-refractivity contribution in [2.75, 3.05) is 12.3 Å². The highest BCUT2D eigenvalue weighted by Gasteiger charge is 2.12. The summed E-state index contributed by atoms with van der Waals surface area (Å²) >= 11 is 0. The van der Waals surface area contributed by atoms with E-state index in [0.29, 0.717) is 6.10 Å². The van der Waals surface area contributed by atoms with Gasteiger partial charge in [0.25, 0.3) is 0 Å². The van der Waals surface area contributed by atoms with Gasteiger partial charge in [-0.1, -0.05) is 31.4 Å². The van der Waals surface area contributed by atoms with E-state index in [0.717, 1.165) is 25.1 Å². The van der Waals surface area contributed by atoms with Crippen molar-refractivity contribution in [2.45, 2.75) is 51.0 Å². The van der Waals surface area contributed by atoms with Gasteiger partial charge in [0.1, 0.15) is 0 Å². The van der Waals surface area contributed by atoms with Crippen LogP contribution in [0.3, 0.4) is 0 Å². The minimum atomic E-state index is 0.537. The zero-order valence-corrected chi connectivity index (χ0v) is 10.5. The third kappa shape index (κ3) is 4.39. The lowest BCUT2D eigenvalue weighted by molar-refractivity contribution is 0.0273. The van der Waals surface area contributed by atoms with Crippen molar-refractivity contribution < 1.29 is 4.74 Å². The molecular weight excluding hydrogens is 210 g/mol. The number of aryl methyl sites for hydroxylation is 1. The zero-order chi connectivity index (χ0) is 11.9. The molecule has 2 nitrogen and oxygen atoms in total. The molecule has 2 heteroatoms.